The van der Waals surface area contributed by atoms with Crippen molar-refractivity contribution < 1.29 is 4.79 Å². The number of nitrogens with zero attached hydrogens (tertiary/aromatic N) is 6. The lowest BCUT2D eigenvalue weighted by Crippen LogP contribution is -2.45. The van der Waals surface area contributed by atoms with Crippen LogP contribution in [0, 0.1) is 5.92 Å². The number of Topliss-reactive ketones (excluding diaryl/α,β-unsaturated/α-hetero) is 1. The molecular formula is C22H24ClN7OS2. The predicted molar refractivity (Wildman–Crippen MR) is 132 cm³/mol. The van der Waals surface area contributed by atoms with Gasteiger partial charge in [0.2, 0.25) is 11.9 Å². The highest BCUT2D eigenvalue weighted by molar-refractivity contribution is 7.99. The average Bonchev–Trinajstić information content (AvgIpc) is 3.58. The summed E-state index contributed by atoms with van der Waals surface area (Å²) >= 11 is 8.83. The number of benzene rings is 1. The van der Waals surface area contributed by atoms with Gasteiger partial charge in [0.05, 0.1) is 6.20 Å². The van der Waals surface area contributed by atoms with Crippen molar-refractivity contribution in [3.05, 3.63) is 40.4 Å². The highest BCUT2D eigenvalue weighted by Crippen LogP contribution is 2.32. The molecule has 1 aromatic carbocycles. The zero-order valence-corrected chi connectivity index (χ0v) is 20.6. The molecule has 1 saturated carbocycles. The number of anilines is 3. The van der Waals surface area contributed by atoms with Crippen LogP contribution in [0.15, 0.2) is 40.5 Å². The lowest BCUT2D eigenvalue weighted by Gasteiger charge is -2.32. The molecule has 0 unspecified atom stereocenters. The Morgan fingerprint density at radius 3 is 2.58 bits per heavy atom. The van der Waals surface area contributed by atoms with E-state index in [4.69, 9.17) is 16.6 Å². The maximum Gasteiger partial charge on any atom is 0.234 e. The number of thiazole rings is 1. The molecule has 0 bridgehead atoms. The lowest BCUT2D eigenvalue weighted by molar-refractivity contribution is -0.119. The minimum absolute atomic E-state index is 0.288. The number of ketones is 1. The van der Waals surface area contributed by atoms with E-state index in [0.717, 1.165) is 49.5 Å². The molecule has 0 atom stereocenters. The molecule has 2 aromatic heterocycles. The first-order valence-corrected chi connectivity index (χ1v) is 12.9. The molecule has 0 amide bonds. The van der Waals surface area contributed by atoms with Crippen LogP contribution in [0.2, 0.25) is 4.34 Å². The van der Waals surface area contributed by atoms with Gasteiger partial charge in [-0.2, -0.15) is 15.0 Å². The number of rotatable bonds is 8. The van der Waals surface area contributed by atoms with E-state index >= 15 is 0 Å². The third-order valence-electron chi connectivity index (χ3n) is 5.63. The number of likely N-dealkylation sites (N-methyl/N-ethyl adjacent to an activating group) is 1. The maximum atomic E-state index is 12.1. The monoisotopic (exact) mass is 501 g/mol. The van der Waals surface area contributed by atoms with Crippen LogP contribution < -0.4 is 10.2 Å². The lowest BCUT2D eigenvalue weighted by atomic mass is 10.1. The third kappa shape index (κ3) is 6.00. The summed E-state index contributed by atoms with van der Waals surface area (Å²) in [5, 5.41) is 4.40. The minimum atomic E-state index is 0.288. The normalized spacial score (nSPS) is 16.7. The average molecular weight is 502 g/mol. The van der Waals surface area contributed by atoms with Crippen LogP contribution in [0.4, 0.5) is 17.0 Å². The van der Waals surface area contributed by atoms with Crippen LogP contribution in [0.1, 0.15) is 18.4 Å². The molecule has 11 heteroatoms. The molecule has 3 heterocycles. The van der Waals surface area contributed by atoms with Crippen molar-refractivity contribution in [3.63, 3.8) is 0 Å². The van der Waals surface area contributed by atoms with Gasteiger partial charge >= 0.3 is 0 Å². The summed E-state index contributed by atoms with van der Waals surface area (Å²) < 4.78 is 0.598. The Hall–Kier alpha value is -2.27. The number of hydrogen-bond acceptors (Lipinski definition) is 10. The van der Waals surface area contributed by atoms with Crippen LogP contribution in [0.5, 0.6) is 0 Å². The van der Waals surface area contributed by atoms with E-state index < -0.39 is 0 Å². The smallest absolute Gasteiger partial charge is 0.234 e. The first kappa shape index (κ1) is 22.5. The Kier molecular flexibility index (Phi) is 6.77. The van der Waals surface area contributed by atoms with Crippen molar-refractivity contribution in [2.45, 2.75) is 29.3 Å². The van der Waals surface area contributed by atoms with Crippen LogP contribution in [0.25, 0.3) is 0 Å². The summed E-state index contributed by atoms with van der Waals surface area (Å²) in [6.07, 6.45) is 4.21. The number of hydrogen-bond donors (Lipinski definition) is 1. The first-order chi connectivity index (χ1) is 16.0. The summed E-state index contributed by atoms with van der Waals surface area (Å²) in [6.45, 7) is 3.63. The number of aromatic nitrogens is 4. The number of halogens is 1. The molecule has 8 nitrogen and oxygen atoms in total. The molecule has 2 aliphatic rings. The first-order valence-electron chi connectivity index (χ1n) is 10.9. The topological polar surface area (TPSA) is 87.1 Å². The Bertz CT molecular complexity index is 1130. The molecule has 2 fully saturated rings. The predicted octanol–water partition coefficient (Wildman–Crippen LogP) is 4.15. The van der Waals surface area contributed by atoms with E-state index in [1.807, 2.05) is 24.3 Å². The molecule has 0 spiro atoms. The molecule has 0 radical (unpaired) electrons. The molecule has 1 aliphatic heterocycles. The Morgan fingerprint density at radius 1 is 1.15 bits per heavy atom. The van der Waals surface area contributed by atoms with Crippen molar-refractivity contribution in [2.75, 3.05) is 43.4 Å². The van der Waals surface area contributed by atoms with Gasteiger partial charge in [0, 0.05) is 43.4 Å². The maximum absolute atomic E-state index is 12.1. The summed E-state index contributed by atoms with van der Waals surface area (Å²) in [7, 11) is 2.12. The molecule has 1 aliphatic carbocycles. The fourth-order valence-electron chi connectivity index (χ4n) is 3.53. The van der Waals surface area contributed by atoms with E-state index in [0.29, 0.717) is 38.7 Å². The van der Waals surface area contributed by atoms with Gasteiger partial charge in [-0.3, -0.25) is 10.1 Å². The summed E-state index contributed by atoms with van der Waals surface area (Å²) in [6, 6.07) is 8.07. The van der Waals surface area contributed by atoms with Crippen molar-refractivity contribution in [1.29, 1.82) is 0 Å². The van der Waals surface area contributed by atoms with Gasteiger partial charge in [0.1, 0.15) is 10.1 Å². The summed E-state index contributed by atoms with van der Waals surface area (Å²) in [4.78, 5) is 35.8. The van der Waals surface area contributed by atoms with Gasteiger partial charge in [-0.1, -0.05) is 35.1 Å². The molecule has 172 valence electrons. The fraction of sp³-hybridized carbons (Fsp3) is 0.409. The van der Waals surface area contributed by atoms with E-state index in [2.05, 4.69) is 37.1 Å². The van der Waals surface area contributed by atoms with Crippen molar-refractivity contribution >= 4 is 57.5 Å². The van der Waals surface area contributed by atoms with Crippen molar-refractivity contribution in [1.82, 2.24) is 24.8 Å². The quantitative estimate of drug-likeness (QED) is 0.489. The summed E-state index contributed by atoms with van der Waals surface area (Å²) in [5.74, 6) is 1.73. The Balaban J connectivity index is 1.35. The van der Waals surface area contributed by atoms with E-state index in [1.165, 1.54) is 23.1 Å². The van der Waals surface area contributed by atoms with Gasteiger partial charge in [-0.25, -0.2) is 4.98 Å². The molecule has 33 heavy (non-hydrogen) atoms. The SMILES string of the molecule is CN1CCN(c2nc(Nc3ncc(Cl)s3)nc(Sc3ccc(CC(=O)C4CC4)cc3)n2)CC1. The number of piperazine rings is 1. The third-order valence-corrected chi connectivity index (χ3v) is 7.53. The van der Waals surface area contributed by atoms with Gasteiger partial charge in [0.15, 0.2) is 10.3 Å². The van der Waals surface area contributed by atoms with Gasteiger partial charge < -0.3 is 9.80 Å². The molecule has 1 saturated heterocycles. The van der Waals surface area contributed by atoms with E-state index in [-0.39, 0.29) is 5.92 Å². The number of nitrogens with one attached hydrogen (secondary N) is 1. The largest absolute Gasteiger partial charge is 0.338 e. The second-order valence-corrected chi connectivity index (χ2v) is 11.0. The number of carbonyl (C=O) groups is 1. The standard InChI is InChI=1S/C22H24ClN7OS2/c1-29-8-10-30(11-9-29)20-25-19(26-21-24-13-18(23)33-21)27-22(28-20)32-16-6-2-14(3-7-16)12-17(31)15-4-5-15/h2-3,6-7,13,15H,4-5,8-12H2,1H3,(H,24,25,26,27,28). The van der Waals surface area contributed by atoms with Crippen LogP contribution >= 0.6 is 34.7 Å². The van der Waals surface area contributed by atoms with Crippen molar-refractivity contribution in [3.8, 4) is 0 Å². The molecule has 3 aromatic rings. The Labute approximate surface area is 205 Å². The zero-order valence-electron chi connectivity index (χ0n) is 18.2. The molecule has 5 rings (SSSR count). The van der Waals surface area contributed by atoms with Crippen LogP contribution in [-0.4, -0.2) is 63.8 Å². The number of carbonyl (C=O) groups excluding carboxylic acids is 1. The highest BCUT2D eigenvalue weighted by atomic mass is 35.5. The van der Waals surface area contributed by atoms with E-state index in [9.17, 15) is 4.79 Å². The zero-order chi connectivity index (χ0) is 22.8. The fourth-order valence-corrected chi connectivity index (χ4v) is 5.08. The summed E-state index contributed by atoms with van der Waals surface area (Å²) in [5.41, 5.74) is 1.05. The molecular weight excluding hydrogens is 478 g/mol. The van der Waals surface area contributed by atoms with E-state index in [1.54, 1.807) is 6.20 Å². The highest BCUT2D eigenvalue weighted by Gasteiger charge is 2.29. The van der Waals surface area contributed by atoms with Crippen molar-refractivity contribution in [2.24, 2.45) is 5.92 Å². The second-order valence-electron chi connectivity index (χ2n) is 8.29. The van der Waals surface area contributed by atoms with Gasteiger partial charge in [-0.05, 0) is 49.3 Å². The van der Waals surface area contributed by atoms with Gasteiger partial charge in [0.25, 0.3) is 0 Å². The molecule has 1 N–H and O–H groups in total. The van der Waals surface area contributed by atoms with Crippen LogP contribution in [-0.2, 0) is 11.2 Å². The van der Waals surface area contributed by atoms with Gasteiger partial charge in [-0.15, -0.1) is 0 Å². The Morgan fingerprint density at radius 2 is 1.91 bits per heavy atom. The second kappa shape index (κ2) is 9.92. The minimum Gasteiger partial charge on any atom is -0.338 e. The van der Waals surface area contributed by atoms with Crippen LogP contribution in [0.3, 0.4) is 0 Å².